The van der Waals surface area contributed by atoms with Crippen LogP contribution in [-0.2, 0) is 6.61 Å². The van der Waals surface area contributed by atoms with Gasteiger partial charge in [0, 0.05) is 0 Å². The van der Waals surface area contributed by atoms with E-state index in [0.717, 1.165) is 6.07 Å². The van der Waals surface area contributed by atoms with Crippen LogP contribution in [0.5, 0.6) is 5.75 Å². The van der Waals surface area contributed by atoms with Gasteiger partial charge in [-0.1, -0.05) is 29.3 Å². The van der Waals surface area contributed by atoms with Crippen LogP contribution in [0.2, 0.25) is 10.2 Å². The molecule has 94 valence electrons. The first-order valence-electron chi connectivity index (χ1n) is 4.95. The van der Waals surface area contributed by atoms with Gasteiger partial charge in [-0.05, 0) is 24.3 Å². The van der Waals surface area contributed by atoms with E-state index in [2.05, 4.69) is 4.98 Å². The predicted octanol–water partition coefficient (Wildman–Crippen LogP) is 4.25. The molecule has 0 amide bonds. The molecule has 2 nitrogen and oxygen atoms in total. The van der Waals surface area contributed by atoms with Crippen LogP contribution in [0, 0.1) is 11.6 Å². The number of halogens is 4. The maximum Gasteiger partial charge on any atom is 0.200 e. The number of ether oxygens (including phenoxy) is 1. The molecule has 0 N–H and O–H groups in total. The van der Waals surface area contributed by atoms with Crippen LogP contribution in [0.1, 0.15) is 5.69 Å². The van der Waals surface area contributed by atoms with Crippen LogP contribution in [0.25, 0.3) is 0 Å². The number of pyridine rings is 1. The van der Waals surface area contributed by atoms with Crippen molar-refractivity contribution in [2.45, 2.75) is 6.61 Å². The number of benzene rings is 1. The molecule has 0 atom stereocenters. The van der Waals surface area contributed by atoms with E-state index in [1.54, 1.807) is 6.07 Å². The molecule has 1 aromatic carbocycles. The van der Waals surface area contributed by atoms with Crippen LogP contribution >= 0.6 is 23.2 Å². The topological polar surface area (TPSA) is 22.1 Å². The van der Waals surface area contributed by atoms with Gasteiger partial charge in [0.1, 0.15) is 11.8 Å². The van der Waals surface area contributed by atoms with Crippen LogP contribution in [0.3, 0.4) is 0 Å². The van der Waals surface area contributed by atoms with Crippen LogP contribution in [0.4, 0.5) is 8.78 Å². The van der Waals surface area contributed by atoms with E-state index >= 15 is 0 Å². The van der Waals surface area contributed by atoms with Gasteiger partial charge in [0.2, 0.25) is 5.82 Å². The van der Waals surface area contributed by atoms with E-state index in [9.17, 15) is 8.78 Å². The number of rotatable bonds is 3. The Labute approximate surface area is 112 Å². The third-order valence-corrected chi connectivity index (χ3v) is 2.72. The molecule has 2 rings (SSSR count). The Morgan fingerprint density at radius 2 is 1.89 bits per heavy atom. The Morgan fingerprint density at radius 1 is 1.11 bits per heavy atom. The molecule has 6 heteroatoms. The fraction of sp³-hybridized carbons (Fsp3) is 0.0833. The normalized spacial score (nSPS) is 10.4. The summed E-state index contributed by atoms with van der Waals surface area (Å²) in [7, 11) is 0. The molecule has 2 aromatic rings. The predicted molar refractivity (Wildman–Crippen MR) is 64.9 cm³/mol. The van der Waals surface area contributed by atoms with Crippen molar-refractivity contribution in [3.8, 4) is 5.75 Å². The van der Waals surface area contributed by atoms with Gasteiger partial charge >= 0.3 is 0 Å². The molecule has 0 aliphatic rings. The highest BCUT2D eigenvalue weighted by molar-refractivity contribution is 6.32. The first kappa shape index (κ1) is 13.1. The van der Waals surface area contributed by atoms with Gasteiger partial charge in [-0.3, -0.25) is 0 Å². The minimum Gasteiger partial charge on any atom is -0.484 e. The lowest BCUT2D eigenvalue weighted by Gasteiger charge is -2.08. The Balaban J connectivity index is 2.16. The third-order valence-electron chi connectivity index (χ3n) is 2.17. The highest BCUT2D eigenvalue weighted by Gasteiger charge is 2.10. The van der Waals surface area contributed by atoms with E-state index in [-0.39, 0.29) is 17.5 Å². The summed E-state index contributed by atoms with van der Waals surface area (Å²) in [4.78, 5) is 3.93. The smallest absolute Gasteiger partial charge is 0.200 e. The molecule has 0 fully saturated rings. The van der Waals surface area contributed by atoms with Crippen molar-refractivity contribution in [3.63, 3.8) is 0 Å². The first-order chi connectivity index (χ1) is 8.58. The molecular weight excluding hydrogens is 283 g/mol. The van der Waals surface area contributed by atoms with Crippen LogP contribution in [-0.4, -0.2) is 4.98 Å². The van der Waals surface area contributed by atoms with E-state index in [1.807, 2.05) is 0 Å². The molecule has 0 spiro atoms. The summed E-state index contributed by atoms with van der Waals surface area (Å²) in [5.41, 5.74) is 0.354. The molecule has 0 radical (unpaired) electrons. The molecule has 1 heterocycles. The molecule has 0 saturated heterocycles. The van der Waals surface area contributed by atoms with Crippen molar-refractivity contribution in [2.24, 2.45) is 0 Å². The summed E-state index contributed by atoms with van der Waals surface area (Å²) >= 11 is 11.6. The summed E-state index contributed by atoms with van der Waals surface area (Å²) < 4.78 is 31.4. The van der Waals surface area contributed by atoms with Crippen LogP contribution < -0.4 is 4.74 Å². The standard InChI is InChI=1S/C12H7Cl2F2NO/c13-7-4-5-11(14)17-9(7)6-18-10-3-1-2-8(15)12(10)16/h1-5H,6H2. The number of nitrogens with zero attached hydrogens (tertiary/aromatic N) is 1. The van der Waals surface area contributed by atoms with Crippen molar-refractivity contribution in [2.75, 3.05) is 0 Å². The van der Waals surface area contributed by atoms with E-state index in [1.165, 1.54) is 18.2 Å². The van der Waals surface area contributed by atoms with Crippen LogP contribution in [0.15, 0.2) is 30.3 Å². The third kappa shape index (κ3) is 2.89. The van der Waals surface area contributed by atoms with E-state index in [0.29, 0.717) is 10.7 Å². The van der Waals surface area contributed by atoms with Gasteiger partial charge in [0.05, 0.1) is 10.7 Å². The van der Waals surface area contributed by atoms with Gasteiger partial charge in [0.15, 0.2) is 11.6 Å². The largest absolute Gasteiger partial charge is 0.484 e. The van der Waals surface area contributed by atoms with E-state index in [4.69, 9.17) is 27.9 Å². The highest BCUT2D eigenvalue weighted by Crippen LogP contribution is 2.22. The van der Waals surface area contributed by atoms with E-state index < -0.39 is 11.6 Å². The zero-order chi connectivity index (χ0) is 13.1. The number of hydrogen-bond acceptors (Lipinski definition) is 2. The van der Waals surface area contributed by atoms with Gasteiger partial charge < -0.3 is 4.74 Å². The second-order valence-electron chi connectivity index (χ2n) is 3.40. The Kier molecular flexibility index (Phi) is 3.99. The molecule has 1 aromatic heterocycles. The Morgan fingerprint density at radius 3 is 2.67 bits per heavy atom. The summed E-state index contributed by atoms with van der Waals surface area (Å²) in [6.07, 6.45) is 0. The molecular formula is C12H7Cl2F2NO. The summed E-state index contributed by atoms with van der Waals surface area (Å²) in [6.45, 7) is -0.0975. The minimum atomic E-state index is -1.05. The van der Waals surface area contributed by atoms with Crippen molar-refractivity contribution >= 4 is 23.2 Å². The summed E-state index contributed by atoms with van der Waals surface area (Å²) in [6, 6.07) is 6.75. The molecule has 18 heavy (non-hydrogen) atoms. The SMILES string of the molecule is Fc1cccc(OCc2nc(Cl)ccc2Cl)c1F. The molecule has 0 unspecified atom stereocenters. The molecule has 0 saturated carbocycles. The van der Waals surface area contributed by atoms with Crippen molar-refractivity contribution in [1.29, 1.82) is 0 Å². The number of aromatic nitrogens is 1. The fourth-order valence-corrected chi connectivity index (χ4v) is 1.63. The van der Waals surface area contributed by atoms with Crippen molar-refractivity contribution in [3.05, 3.63) is 57.8 Å². The monoisotopic (exact) mass is 289 g/mol. The fourth-order valence-electron chi connectivity index (χ4n) is 1.30. The minimum absolute atomic E-state index is 0.0975. The zero-order valence-corrected chi connectivity index (χ0v) is 10.5. The highest BCUT2D eigenvalue weighted by atomic mass is 35.5. The van der Waals surface area contributed by atoms with Gasteiger partial charge in [-0.25, -0.2) is 9.37 Å². The lowest BCUT2D eigenvalue weighted by atomic mass is 10.3. The Bertz CT molecular complexity index is 576. The summed E-state index contributed by atoms with van der Waals surface area (Å²) in [5.74, 6) is -2.22. The van der Waals surface area contributed by atoms with Crippen molar-refractivity contribution in [1.82, 2.24) is 4.98 Å². The summed E-state index contributed by atoms with van der Waals surface area (Å²) in [5, 5.41) is 0.592. The lowest BCUT2D eigenvalue weighted by molar-refractivity contribution is 0.280. The average Bonchev–Trinajstić information content (AvgIpc) is 2.35. The van der Waals surface area contributed by atoms with Gasteiger partial charge in [-0.15, -0.1) is 0 Å². The van der Waals surface area contributed by atoms with Gasteiger partial charge in [0.25, 0.3) is 0 Å². The van der Waals surface area contributed by atoms with Crippen molar-refractivity contribution < 1.29 is 13.5 Å². The quantitative estimate of drug-likeness (QED) is 0.788. The molecule has 0 aliphatic carbocycles. The molecule has 0 bridgehead atoms. The number of hydrogen-bond donors (Lipinski definition) is 0. The van der Waals surface area contributed by atoms with Gasteiger partial charge in [-0.2, -0.15) is 4.39 Å². The zero-order valence-electron chi connectivity index (χ0n) is 8.96. The lowest BCUT2D eigenvalue weighted by Crippen LogP contribution is -2.01. The Hall–Kier alpha value is -1.39. The molecule has 0 aliphatic heterocycles. The first-order valence-corrected chi connectivity index (χ1v) is 5.71. The second-order valence-corrected chi connectivity index (χ2v) is 4.20. The maximum absolute atomic E-state index is 13.3. The average molecular weight is 290 g/mol. The maximum atomic E-state index is 13.3. The second kappa shape index (κ2) is 5.50.